The van der Waals surface area contributed by atoms with E-state index in [9.17, 15) is 14.5 Å². The van der Waals surface area contributed by atoms with Gasteiger partial charge in [0.25, 0.3) is 5.69 Å². The summed E-state index contributed by atoms with van der Waals surface area (Å²) >= 11 is 4.59. The van der Waals surface area contributed by atoms with E-state index in [1.54, 1.807) is 11.3 Å². The SMILES string of the molecule is CC(C)(CNc1cc(F)c(Br)cc1[N+](=O)[O-])c1cccs1. The Morgan fingerprint density at radius 2 is 2.19 bits per heavy atom. The fourth-order valence-corrected chi connectivity index (χ4v) is 3.08. The molecule has 0 bridgehead atoms. The van der Waals surface area contributed by atoms with Crippen molar-refractivity contribution in [3.8, 4) is 0 Å². The summed E-state index contributed by atoms with van der Waals surface area (Å²) in [4.78, 5) is 11.7. The molecular formula is C14H14BrFN2O2S. The van der Waals surface area contributed by atoms with Crippen molar-refractivity contribution in [3.63, 3.8) is 0 Å². The number of hydrogen-bond acceptors (Lipinski definition) is 4. The van der Waals surface area contributed by atoms with Crippen LogP contribution in [-0.2, 0) is 5.41 Å². The van der Waals surface area contributed by atoms with E-state index in [0.717, 1.165) is 10.9 Å². The first-order valence-corrected chi connectivity index (χ1v) is 7.90. The molecule has 4 nitrogen and oxygen atoms in total. The lowest BCUT2D eigenvalue weighted by Gasteiger charge is -2.24. The van der Waals surface area contributed by atoms with Crippen LogP contribution < -0.4 is 5.32 Å². The summed E-state index contributed by atoms with van der Waals surface area (Å²) in [6.45, 7) is 4.54. The summed E-state index contributed by atoms with van der Waals surface area (Å²) < 4.78 is 13.7. The van der Waals surface area contributed by atoms with Crippen molar-refractivity contribution in [1.29, 1.82) is 0 Å². The highest BCUT2D eigenvalue weighted by atomic mass is 79.9. The highest BCUT2D eigenvalue weighted by Gasteiger charge is 2.24. The van der Waals surface area contributed by atoms with Crippen LogP contribution in [0.1, 0.15) is 18.7 Å². The van der Waals surface area contributed by atoms with Crippen molar-refractivity contribution in [3.05, 3.63) is 54.9 Å². The Hall–Kier alpha value is -1.47. The van der Waals surface area contributed by atoms with E-state index in [0.29, 0.717) is 6.54 Å². The van der Waals surface area contributed by atoms with Gasteiger partial charge in [-0.15, -0.1) is 11.3 Å². The largest absolute Gasteiger partial charge is 0.379 e. The number of nitrogens with zero attached hydrogens (tertiary/aromatic N) is 1. The topological polar surface area (TPSA) is 55.2 Å². The Labute approximate surface area is 134 Å². The number of anilines is 1. The molecule has 1 aromatic heterocycles. The van der Waals surface area contributed by atoms with E-state index >= 15 is 0 Å². The molecule has 21 heavy (non-hydrogen) atoms. The van der Waals surface area contributed by atoms with Gasteiger partial charge in [0.2, 0.25) is 0 Å². The van der Waals surface area contributed by atoms with Gasteiger partial charge in [-0.1, -0.05) is 19.9 Å². The lowest BCUT2D eigenvalue weighted by Crippen LogP contribution is -2.26. The van der Waals surface area contributed by atoms with Gasteiger partial charge >= 0.3 is 0 Å². The molecule has 0 amide bonds. The van der Waals surface area contributed by atoms with Gasteiger partial charge in [0, 0.05) is 29.0 Å². The van der Waals surface area contributed by atoms with E-state index in [1.165, 1.54) is 6.07 Å². The van der Waals surface area contributed by atoms with Gasteiger partial charge in [0.15, 0.2) is 0 Å². The second-order valence-electron chi connectivity index (χ2n) is 5.26. The van der Waals surface area contributed by atoms with Crippen LogP contribution >= 0.6 is 27.3 Å². The molecule has 2 aromatic rings. The molecule has 0 unspecified atom stereocenters. The maximum absolute atomic E-state index is 13.6. The summed E-state index contributed by atoms with van der Waals surface area (Å²) in [5, 5.41) is 16.0. The van der Waals surface area contributed by atoms with Gasteiger partial charge < -0.3 is 5.32 Å². The summed E-state index contributed by atoms with van der Waals surface area (Å²) in [5.74, 6) is -0.531. The van der Waals surface area contributed by atoms with E-state index in [-0.39, 0.29) is 21.3 Å². The lowest BCUT2D eigenvalue weighted by atomic mass is 9.91. The first-order valence-electron chi connectivity index (χ1n) is 6.22. The minimum absolute atomic E-state index is 0.0808. The Bertz CT molecular complexity index is 659. The summed E-state index contributed by atoms with van der Waals surface area (Å²) in [7, 11) is 0. The van der Waals surface area contributed by atoms with E-state index < -0.39 is 10.7 Å². The highest BCUT2D eigenvalue weighted by molar-refractivity contribution is 9.10. The van der Waals surface area contributed by atoms with Crippen molar-refractivity contribution in [2.24, 2.45) is 0 Å². The Kier molecular flexibility index (Phi) is 4.63. The van der Waals surface area contributed by atoms with Gasteiger partial charge in [-0.3, -0.25) is 10.1 Å². The van der Waals surface area contributed by atoms with Crippen LogP contribution in [-0.4, -0.2) is 11.5 Å². The first kappa shape index (κ1) is 15.9. The van der Waals surface area contributed by atoms with Crippen LogP contribution in [0.4, 0.5) is 15.8 Å². The van der Waals surface area contributed by atoms with Gasteiger partial charge in [0.05, 0.1) is 9.40 Å². The molecule has 0 aliphatic carbocycles. The standard InChI is InChI=1S/C14H14BrFN2O2S/c1-14(2,13-4-3-5-21-13)8-17-11-7-10(16)9(15)6-12(11)18(19)20/h3-7,17H,8H2,1-2H3. The van der Waals surface area contributed by atoms with Crippen molar-refractivity contribution in [1.82, 2.24) is 0 Å². The molecule has 0 aliphatic rings. The Morgan fingerprint density at radius 1 is 1.48 bits per heavy atom. The molecule has 0 aliphatic heterocycles. The third-order valence-corrected chi connectivity index (χ3v) is 4.99. The second kappa shape index (κ2) is 6.11. The molecule has 0 atom stereocenters. The van der Waals surface area contributed by atoms with Gasteiger partial charge in [-0.05, 0) is 27.4 Å². The molecule has 0 fully saturated rings. The van der Waals surface area contributed by atoms with Crippen molar-refractivity contribution >= 4 is 38.6 Å². The fraction of sp³-hybridized carbons (Fsp3) is 0.286. The smallest absolute Gasteiger partial charge is 0.293 e. The van der Waals surface area contributed by atoms with E-state index in [2.05, 4.69) is 21.2 Å². The van der Waals surface area contributed by atoms with Crippen LogP contribution in [0.5, 0.6) is 0 Å². The van der Waals surface area contributed by atoms with Crippen molar-refractivity contribution in [2.75, 3.05) is 11.9 Å². The molecule has 0 spiro atoms. The lowest BCUT2D eigenvalue weighted by molar-refractivity contribution is -0.384. The third-order valence-electron chi connectivity index (χ3n) is 3.14. The number of thiophene rings is 1. The van der Waals surface area contributed by atoms with E-state index in [1.807, 2.05) is 31.4 Å². The zero-order chi connectivity index (χ0) is 15.6. The van der Waals surface area contributed by atoms with Crippen molar-refractivity contribution in [2.45, 2.75) is 19.3 Å². The first-order chi connectivity index (χ1) is 9.81. The maximum Gasteiger partial charge on any atom is 0.293 e. The van der Waals surface area contributed by atoms with Crippen LogP contribution in [0.3, 0.4) is 0 Å². The van der Waals surface area contributed by atoms with Crippen LogP contribution in [0, 0.1) is 15.9 Å². The number of nitro groups is 1. The highest BCUT2D eigenvalue weighted by Crippen LogP contribution is 2.33. The summed E-state index contributed by atoms with van der Waals surface area (Å²) in [5.41, 5.74) is -0.165. The number of halogens is 2. The van der Waals surface area contributed by atoms with Crippen LogP contribution in [0.2, 0.25) is 0 Å². The summed E-state index contributed by atoms with van der Waals surface area (Å²) in [6.07, 6.45) is 0. The normalized spacial score (nSPS) is 11.4. The summed E-state index contributed by atoms with van der Waals surface area (Å²) in [6, 6.07) is 6.30. The number of hydrogen-bond donors (Lipinski definition) is 1. The quantitative estimate of drug-likeness (QED) is 0.596. The molecule has 1 N–H and O–H groups in total. The predicted octanol–water partition coefficient (Wildman–Crippen LogP) is 4.95. The zero-order valence-electron chi connectivity index (χ0n) is 11.5. The molecule has 1 aromatic carbocycles. The van der Waals surface area contributed by atoms with E-state index in [4.69, 9.17) is 0 Å². The predicted molar refractivity (Wildman–Crippen MR) is 86.6 cm³/mol. The molecular weight excluding hydrogens is 359 g/mol. The number of nitrogens with one attached hydrogen (secondary N) is 1. The zero-order valence-corrected chi connectivity index (χ0v) is 13.9. The minimum atomic E-state index is -0.531. The molecule has 1 heterocycles. The molecule has 112 valence electrons. The third kappa shape index (κ3) is 3.59. The Morgan fingerprint density at radius 3 is 2.76 bits per heavy atom. The Balaban J connectivity index is 2.24. The number of nitro benzene ring substituents is 1. The van der Waals surface area contributed by atoms with Crippen LogP contribution in [0.25, 0.3) is 0 Å². The average Bonchev–Trinajstić information content (AvgIpc) is 2.94. The van der Waals surface area contributed by atoms with Gasteiger partial charge in [-0.25, -0.2) is 4.39 Å². The van der Waals surface area contributed by atoms with Crippen LogP contribution in [0.15, 0.2) is 34.1 Å². The van der Waals surface area contributed by atoms with Gasteiger partial charge in [-0.2, -0.15) is 0 Å². The molecule has 7 heteroatoms. The van der Waals surface area contributed by atoms with Crippen molar-refractivity contribution < 1.29 is 9.31 Å². The number of benzene rings is 1. The monoisotopic (exact) mass is 372 g/mol. The molecule has 0 saturated heterocycles. The fourth-order valence-electron chi connectivity index (χ4n) is 1.90. The maximum atomic E-state index is 13.6. The molecule has 0 radical (unpaired) electrons. The molecule has 0 saturated carbocycles. The second-order valence-corrected chi connectivity index (χ2v) is 7.06. The molecule has 2 rings (SSSR count). The number of rotatable bonds is 5. The minimum Gasteiger partial charge on any atom is -0.379 e. The van der Waals surface area contributed by atoms with Gasteiger partial charge in [0.1, 0.15) is 11.5 Å². The average molecular weight is 373 g/mol.